The number of benzene rings is 1. The second kappa shape index (κ2) is 8.07. The third kappa shape index (κ3) is 4.75. The van der Waals surface area contributed by atoms with Crippen LogP contribution in [0, 0.1) is 11.8 Å². The van der Waals surface area contributed by atoms with E-state index in [4.69, 9.17) is 0 Å². The van der Waals surface area contributed by atoms with Crippen LogP contribution in [0.3, 0.4) is 0 Å². The SMILES string of the molecule is CC(C)[C@H](NCc1ccccc1)C(=O)N1C[C@H](C(F)(F)F)C[C@H]1C(=O)O. The molecule has 1 aliphatic heterocycles. The Balaban J connectivity index is 2.14. The fourth-order valence-corrected chi connectivity index (χ4v) is 3.16. The fraction of sp³-hybridized carbons (Fsp3) is 0.556. The van der Waals surface area contributed by atoms with Crippen molar-refractivity contribution >= 4 is 11.9 Å². The van der Waals surface area contributed by atoms with E-state index in [1.54, 1.807) is 13.8 Å². The summed E-state index contributed by atoms with van der Waals surface area (Å²) < 4.78 is 39.1. The summed E-state index contributed by atoms with van der Waals surface area (Å²) in [4.78, 5) is 25.1. The zero-order chi connectivity index (χ0) is 19.5. The summed E-state index contributed by atoms with van der Waals surface area (Å²) in [5.41, 5.74) is 0.926. The topological polar surface area (TPSA) is 69.6 Å². The normalized spacial score (nSPS) is 21.8. The first-order valence-electron chi connectivity index (χ1n) is 8.48. The van der Waals surface area contributed by atoms with Gasteiger partial charge in [-0.05, 0) is 17.9 Å². The van der Waals surface area contributed by atoms with Crippen LogP contribution in [0.1, 0.15) is 25.8 Å². The molecular weight excluding hydrogens is 349 g/mol. The van der Waals surface area contributed by atoms with Gasteiger partial charge in [0.15, 0.2) is 0 Å². The second-order valence-electron chi connectivity index (χ2n) is 6.91. The van der Waals surface area contributed by atoms with Gasteiger partial charge < -0.3 is 15.3 Å². The molecule has 144 valence electrons. The van der Waals surface area contributed by atoms with Crippen molar-refractivity contribution in [3.8, 4) is 0 Å². The fourth-order valence-electron chi connectivity index (χ4n) is 3.16. The van der Waals surface area contributed by atoms with Crippen LogP contribution in [0.2, 0.25) is 0 Å². The largest absolute Gasteiger partial charge is 0.480 e. The molecule has 0 radical (unpaired) electrons. The van der Waals surface area contributed by atoms with E-state index in [9.17, 15) is 27.9 Å². The maximum absolute atomic E-state index is 13.0. The molecule has 1 heterocycles. The lowest BCUT2D eigenvalue weighted by atomic mass is 10.0. The summed E-state index contributed by atoms with van der Waals surface area (Å²) in [5.74, 6) is -4.02. The molecule has 3 atom stereocenters. The number of likely N-dealkylation sites (tertiary alicyclic amines) is 1. The van der Waals surface area contributed by atoms with Crippen LogP contribution in [-0.2, 0) is 16.1 Å². The van der Waals surface area contributed by atoms with E-state index in [1.165, 1.54) is 0 Å². The molecule has 1 fully saturated rings. The van der Waals surface area contributed by atoms with E-state index in [-0.39, 0.29) is 5.92 Å². The van der Waals surface area contributed by atoms with E-state index in [0.29, 0.717) is 6.54 Å². The monoisotopic (exact) mass is 372 g/mol. The van der Waals surface area contributed by atoms with Gasteiger partial charge in [0.2, 0.25) is 5.91 Å². The van der Waals surface area contributed by atoms with Crippen molar-refractivity contribution in [3.05, 3.63) is 35.9 Å². The molecule has 0 bridgehead atoms. The van der Waals surface area contributed by atoms with E-state index in [2.05, 4.69) is 5.32 Å². The van der Waals surface area contributed by atoms with Crippen LogP contribution in [0.4, 0.5) is 13.2 Å². The number of halogens is 3. The summed E-state index contributed by atoms with van der Waals surface area (Å²) in [6.45, 7) is 3.29. The molecule has 1 aromatic carbocycles. The highest BCUT2D eigenvalue weighted by atomic mass is 19.4. The molecule has 1 aromatic rings. The Hall–Kier alpha value is -2.09. The summed E-state index contributed by atoms with van der Waals surface area (Å²) in [6, 6.07) is 7.07. The molecule has 1 aliphatic rings. The van der Waals surface area contributed by atoms with Gasteiger partial charge in [-0.15, -0.1) is 0 Å². The number of hydrogen-bond acceptors (Lipinski definition) is 3. The van der Waals surface area contributed by atoms with Crippen molar-refractivity contribution in [1.29, 1.82) is 0 Å². The third-order valence-electron chi connectivity index (χ3n) is 4.63. The standard InChI is InChI=1S/C18H23F3N2O3/c1-11(2)15(22-9-12-6-4-3-5-7-12)16(24)23-10-13(18(19,20)21)8-14(23)17(25)26/h3-7,11,13-15,22H,8-10H2,1-2H3,(H,25,26)/t13-,14+,15+/m1/s1. The predicted molar refractivity (Wildman–Crippen MR) is 89.2 cm³/mol. The number of nitrogens with one attached hydrogen (secondary N) is 1. The van der Waals surface area contributed by atoms with Gasteiger partial charge in [-0.25, -0.2) is 4.79 Å². The molecule has 26 heavy (non-hydrogen) atoms. The number of carboxylic acid groups (broad SMARTS) is 1. The molecule has 1 saturated heterocycles. The summed E-state index contributed by atoms with van der Waals surface area (Å²) >= 11 is 0. The average Bonchev–Trinajstić information content (AvgIpc) is 3.01. The molecule has 5 nitrogen and oxygen atoms in total. The Morgan fingerprint density at radius 2 is 1.88 bits per heavy atom. The van der Waals surface area contributed by atoms with Gasteiger partial charge in [0.1, 0.15) is 6.04 Å². The van der Waals surface area contributed by atoms with Gasteiger partial charge in [0.05, 0.1) is 12.0 Å². The van der Waals surface area contributed by atoms with Crippen molar-refractivity contribution in [2.75, 3.05) is 6.54 Å². The number of amides is 1. The maximum atomic E-state index is 13.0. The number of hydrogen-bond donors (Lipinski definition) is 2. The first-order chi connectivity index (χ1) is 12.1. The number of carbonyl (C=O) groups is 2. The number of carbonyl (C=O) groups excluding carboxylic acids is 1. The molecule has 0 aromatic heterocycles. The number of carboxylic acids is 1. The van der Waals surface area contributed by atoms with Crippen molar-refractivity contribution < 1.29 is 27.9 Å². The quantitative estimate of drug-likeness (QED) is 0.806. The second-order valence-corrected chi connectivity index (χ2v) is 6.91. The molecule has 2 rings (SSSR count). The molecule has 0 aliphatic carbocycles. The Morgan fingerprint density at radius 1 is 1.27 bits per heavy atom. The minimum atomic E-state index is -4.52. The van der Waals surface area contributed by atoms with Crippen molar-refractivity contribution in [3.63, 3.8) is 0 Å². The Kier molecular flexibility index (Phi) is 6.28. The Labute approximate surface area is 150 Å². The van der Waals surface area contributed by atoms with Gasteiger partial charge >= 0.3 is 12.1 Å². The van der Waals surface area contributed by atoms with Gasteiger partial charge in [-0.1, -0.05) is 44.2 Å². The van der Waals surface area contributed by atoms with Crippen LogP contribution >= 0.6 is 0 Å². The minimum absolute atomic E-state index is 0.203. The highest BCUT2D eigenvalue weighted by molar-refractivity contribution is 5.87. The van der Waals surface area contributed by atoms with Crippen molar-refractivity contribution in [2.45, 2.75) is 45.1 Å². The number of alkyl halides is 3. The highest BCUT2D eigenvalue weighted by Crippen LogP contribution is 2.37. The minimum Gasteiger partial charge on any atom is -0.480 e. The van der Waals surface area contributed by atoms with E-state index >= 15 is 0 Å². The lowest BCUT2D eigenvalue weighted by molar-refractivity contribution is -0.171. The maximum Gasteiger partial charge on any atom is 0.393 e. The van der Waals surface area contributed by atoms with Crippen molar-refractivity contribution in [1.82, 2.24) is 10.2 Å². The molecule has 0 spiro atoms. The molecule has 8 heteroatoms. The van der Waals surface area contributed by atoms with Crippen LogP contribution in [0.15, 0.2) is 30.3 Å². The summed E-state index contributed by atoms with van der Waals surface area (Å²) in [6.07, 6.45) is -5.12. The van der Waals surface area contributed by atoms with Gasteiger partial charge in [0.25, 0.3) is 0 Å². The zero-order valence-electron chi connectivity index (χ0n) is 14.7. The molecule has 0 saturated carbocycles. The van der Waals surface area contributed by atoms with E-state index in [1.807, 2.05) is 30.3 Å². The van der Waals surface area contributed by atoms with E-state index < -0.39 is 49.0 Å². The molecule has 2 N–H and O–H groups in total. The van der Waals surface area contributed by atoms with Gasteiger partial charge in [-0.2, -0.15) is 13.2 Å². The van der Waals surface area contributed by atoms with Crippen LogP contribution in [0.25, 0.3) is 0 Å². The summed E-state index contributed by atoms with van der Waals surface area (Å²) in [5, 5.41) is 12.3. The zero-order valence-corrected chi connectivity index (χ0v) is 14.7. The van der Waals surface area contributed by atoms with Gasteiger partial charge in [0, 0.05) is 13.1 Å². The van der Waals surface area contributed by atoms with Crippen LogP contribution in [0.5, 0.6) is 0 Å². The molecule has 0 unspecified atom stereocenters. The van der Waals surface area contributed by atoms with Gasteiger partial charge in [-0.3, -0.25) is 4.79 Å². The number of aliphatic carboxylic acids is 1. The predicted octanol–water partition coefficient (Wildman–Crippen LogP) is 2.66. The molecular formula is C18H23F3N2O3. The van der Waals surface area contributed by atoms with E-state index in [0.717, 1.165) is 10.5 Å². The van der Waals surface area contributed by atoms with Crippen LogP contribution < -0.4 is 5.32 Å². The smallest absolute Gasteiger partial charge is 0.393 e. The first kappa shape index (κ1) is 20.2. The lowest BCUT2D eigenvalue weighted by Crippen LogP contribution is -2.52. The molecule has 1 amide bonds. The average molecular weight is 372 g/mol. The number of rotatable bonds is 6. The Morgan fingerprint density at radius 3 is 2.38 bits per heavy atom. The lowest BCUT2D eigenvalue weighted by Gasteiger charge is -2.29. The Bertz CT molecular complexity index is 634. The highest BCUT2D eigenvalue weighted by Gasteiger charge is 2.51. The first-order valence-corrected chi connectivity index (χ1v) is 8.48. The number of nitrogens with zero attached hydrogens (tertiary/aromatic N) is 1. The van der Waals surface area contributed by atoms with Crippen LogP contribution in [-0.4, -0.2) is 46.7 Å². The third-order valence-corrected chi connectivity index (χ3v) is 4.63. The van der Waals surface area contributed by atoms with Crippen molar-refractivity contribution in [2.24, 2.45) is 11.8 Å². The summed E-state index contributed by atoms with van der Waals surface area (Å²) in [7, 11) is 0.